The van der Waals surface area contributed by atoms with Crippen LogP contribution in [0.4, 0.5) is 0 Å². The topological polar surface area (TPSA) is 83.9 Å². The monoisotopic (exact) mass is 491 g/mol. The molecule has 1 aliphatic rings. The standard InChI is InChI=1S/C27H27N2O5S/c1-28-23-17-29(35(31,32)22-15-9-4-10-16-22)24(18-30)25(33-19-20-11-5-2-6-12-20)26(23)34-27(28)21-13-7-3-8-14-21/h2-16,24-25,30H,17-19H2,1H3/q+1/t24-,25+/m0/s1. The predicted octanol–water partition coefficient (Wildman–Crippen LogP) is 3.59. The normalized spacial score (nSPS) is 18.3. The summed E-state index contributed by atoms with van der Waals surface area (Å²) < 4.78 is 43.2. The first-order valence-corrected chi connectivity index (χ1v) is 12.8. The number of rotatable bonds is 7. The molecule has 180 valence electrons. The van der Waals surface area contributed by atoms with E-state index in [0.717, 1.165) is 11.1 Å². The summed E-state index contributed by atoms with van der Waals surface area (Å²) in [4.78, 5) is 0.165. The van der Waals surface area contributed by atoms with Crippen molar-refractivity contribution in [2.45, 2.75) is 30.2 Å². The number of fused-ring (bicyclic) bond motifs is 1. The summed E-state index contributed by atoms with van der Waals surface area (Å²) in [5, 5.41) is 10.4. The van der Waals surface area contributed by atoms with Crippen LogP contribution in [0, 0.1) is 0 Å². The first-order chi connectivity index (χ1) is 17.0. The van der Waals surface area contributed by atoms with Gasteiger partial charge in [0.2, 0.25) is 21.5 Å². The fraction of sp³-hybridized carbons (Fsp3) is 0.222. The lowest BCUT2D eigenvalue weighted by atomic mass is 10.0. The second-order valence-electron chi connectivity index (χ2n) is 8.47. The Morgan fingerprint density at radius 3 is 2.20 bits per heavy atom. The Morgan fingerprint density at radius 2 is 1.57 bits per heavy atom. The van der Waals surface area contributed by atoms with Crippen LogP contribution in [-0.2, 0) is 35.0 Å². The van der Waals surface area contributed by atoms with Gasteiger partial charge in [0.05, 0.1) is 29.7 Å². The van der Waals surface area contributed by atoms with Crippen molar-refractivity contribution in [2.75, 3.05) is 6.61 Å². The number of nitrogens with zero attached hydrogens (tertiary/aromatic N) is 2. The third-order valence-electron chi connectivity index (χ3n) is 6.31. The lowest BCUT2D eigenvalue weighted by Crippen LogP contribution is -2.52. The third kappa shape index (κ3) is 4.41. The second kappa shape index (κ2) is 9.75. The Balaban J connectivity index is 1.61. The Kier molecular flexibility index (Phi) is 6.53. The first-order valence-electron chi connectivity index (χ1n) is 11.4. The van der Waals surface area contributed by atoms with Gasteiger partial charge in [0.15, 0.2) is 0 Å². The maximum atomic E-state index is 13.7. The van der Waals surface area contributed by atoms with Crippen LogP contribution in [0.25, 0.3) is 11.5 Å². The Bertz CT molecular complexity index is 1390. The molecule has 1 aliphatic heterocycles. The zero-order valence-corrected chi connectivity index (χ0v) is 20.1. The van der Waals surface area contributed by atoms with Crippen molar-refractivity contribution in [1.82, 2.24) is 4.31 Å². The van der Waals surface area contributed by atoms with E-state index in [1.54, 1.807) is 30.3 Å². The molecule has 3 aromatic carbocycles. The highest BCUT2D eigenvalue weighted by Gasteiger charge is 2.49. The van der Waals surface area contributed by atoms with Crippen LogP contribution in [0.1, 0.15) is 23.1 Å². The van der Waals surface area contributed by atoms with Gasteiger partial charge in [-0.1, -0.05) is 66.7 Å². The van der Waals surface area contributed by atoms with Gasteiger partial charge in [-0.05, 0) is 29.8 Å². The molecule has 0 radical (unpaired) electrons. The zero-order chi connectivity index (χ0) is 24.4. The number of hydrogen-bond donors (Lipinski definition) is 1. The molecule has 7 nitrogen and oxygen atoms in total. The minimum atomic E-state index is -3.92. The molecule has 8 heteroatoms. The highest BCUT2D eigenvalue weighted by molar-refractivity contribution is 7.89. The molecule has 1 aromatic heterocycles. The number of sulfonamides is 1. The number of aliphatic hydroxyl groups excluding tert-OH is 1. The van der Waals surface area contributed by atoms with E-state index in [9.17, 15) is 13.5 Å². The van der Waals surface area contributed by atoms with Crippen LogP contribution in [0.5, 0.6) is 0 Å². The molecule has 0 aliphatic carbocycles. The van der Waals surface area contributed by atoms with Crippen molar-refractivity contribution in [3.8, 4) is 11.5 Å². The smallest absolute Gasteiger partial charge is 0.380 e. The number of hydrogen-bond acceptors (Lipinski definition) is 5. The number of aliphatic hydroxyl groups is 1. The lowest BCUT2D eigenvalue weighted by Gasteiger charge is -2.36. The minimum absolute atomic E-state index is 0.0514. The van der Waals surface area contributed by atoms with Gasteiger partial charge in [-0.25, -0.2) is 8.42 Å². The quantitative estimate of drug-likeness (QED) is 0.400. The first kappa shape index (κ1) is 23.4. The van der Waals surface area contributed by atoms with Gasteiger partial charge in [-0.3, -0.25) is 0 Å². The summed E-state index contributed by atoms with van der Waals surface area (Å²) in [5.74, 6) is 1.13. The molecule has 35 heavy (non-hydrogen) atoms. The molecule has 2 atom stereocenters. The Hall–Kier alpha value is -3.30. The summed E-state index contributed by atoms with van der Waals surface area (Å²) in [7, 11) is -2.06. The summed E-state index contributed by atoms with van der Waals surface area (Å²) >= 11 is 0. The van der Waals surface area contributed by atoms with E-state index in [4.69, 9.17) is 9.15 Å². The molecule has 5 rings (SSSR count). The molecule has 2 heterocycles. The van der Waals surface area contributed by atoms with Crippen LogP contribution in [0.3, 0.4) is 0 Å². The SMILES string of the molecule is C[n+]1c(-c2ccccc2)oc2c1CN(S(=O)(=O)c1ccccc1)[C@@H](CO)[C@H]2OCc1ccccc1. The summed E-state index contributed by atoms with van der Waals surface area (Å²) in [6.45, 7) is -0.127. The molecule has 0 spiro atoms. The van der Waals surface area contributed by atoms with Crippen molar-refractivity contribution >= 4 is 10.0 Å². The van der Waals surface area contributed by atoms with E-state index in [0.29, 0.717) is 17.3 Å². The summed E-state index contributed by atoms with van der Waals surface area (Å²) in [6.07, 6.45) is -0.800. The van der Waals surface area contributed by atoms with Gasteiger partial charge in [0.1, 0.15) is 19.7 Å². The van der Waals surface area contributed by atoms with E-state index in [2.05, 4.69) is 0 Å². The van der Waals surface area contributed by atoms with Crippen molar-refractivity contribution in [1.29, 1.82) is 0 Å². The zero-order valence-electron chi connectivity index (χ0n) is 19.3. The average molecular weight is 492 g/mol. The summed E-state index contributed by atoms with van der Waals surface area (Å²) in [5.41, 5.74) is 2.49. The van der Waals surface area contributed by atoms with Gasteiger partial charge in [-0.15, -0.1) is 0 Å². The maximum absolute atomic E-state index is 13.7. The van der Waals surface area contributed by atoms with E-state index in [-0.39, 0.29) is 18.0 Å². The Morgan fingerprint density at radius 1 is 0.971 bits per heavy atom. The van der Waals surface area contributed by atoms with E-state index < -0.39 is 28.8 Å². The number of aromatic nitrogens is 1. The highest BCUT2D eigenvalue weighted by Crippen LogP contribution is 2.39. The number of oxazole rings is 1. The molecule has 0 saturated carbocycles. The van der Waals surface area contributed by atoms with Gasteiger partial charge in [-0.2, -0.15) is 8.87 Å². The van der Waals surface area contributed by atoms with E-state index in [1.165, 1.54) is 4.31 Å². The molecule has 0 fully saturated rings. The molecular weight excluding hydrogens is 464 g/mol. The van der Waals surface area contributed by atoms with Crippen LogP contribution in [0.15, 0.2) is 100 Å². The van der Waals surface area contributed by atoms with Crippen molar-refractivity contribution in [2.24, 2.45) is 7.05 Å². The average Bonchev–Trinajstić information content (AvgIpc) is 3.24. The highest BCUT2D eigenvalue weighted by atomic mass is 32.2. The maximum Gasteiger partial charge on any atom is 0.380 e. The second-order valence-corrected chi connectivity index (χ2v) is 10.4. The molecule has 0 saturated heterocycles. The third-order valence-corrected chi connectivity index (χ3v) is 8.20. The number of ether oxygens (including phenoxy) is 1. The van der Waals surface area contributed by atoms with Crippen molar-refractivity contribution < 1.29 is 27.2 Å². The van der Waals surface area contributed by atoms with Crippen molar-refractivity contribution in [3.05, 3.63) is 108 Å². The predicted molar refractivity (Wildman–Crippen MR) is 129 cm³/mol. The molecule has 1 N–H and O–H groups in total. The molecule has 0 unspecified atom stereocenters. The van der Waals surface area contributed by atoms with Crippen LogP contribution in [0.2, 0.25) is 0 Å². The minimum Gasteiger partial charge on any atom is -0.400 e. The van der Waals surface area contributed by atoms with Gasteiger partial charge in [0, 0.05) is 0 Å². The van der Waals surface area contributed by atoms with E-state index >= 15 is 0 Å². The van der Waals surface area contributed by atoms with Gasteiger partial charge < -0.3 is 14.3 Å². The van der Waals surface area contributed by atoms with Gasteiger partial charge in [0.25, 0.3) is 0 Å². The van der Waals surface area contributed by atoms with Crippen molar-refractivity contribution in [3.63, 3.8) is 0 Å². The van der Waals surface area contributed by atoms with Crippen LogP contribution < -0.4 is 4.57 Å². The molecule has 4 aromatic rings. The molecular formula is C27H27N2O5S+. The molecule has 0 bridgehead atoms. The van der Waals surface area contributed by atoms with E-state index in [1.807, 2.05) is 72.3 Å². The fourth-order valence-corrected chi connectivity index (χ4v) is 6.07. The van der Waals surface area contributed by atoms with Crippen LogP contribution in [-0.4, -0.2) is 30.5 Å². The molecule has 0 amide bonds. The fourth-order valence-electron chi connectivity index (χ4n) is 4.47. The summed E-state index contributed by atoms with van der Waals surface area (Å²) in [6, 6.07) is 26.7. The number of benzene rings is 3. The van der Waals surface area contributed by atoms with Crippen LogP contribution >= 0.6 is 0 Å². The Labute approximate surface area is 204 Å². The largest absolute Gasteiger partial charge is 0.400 e. The van der Waals surface area contributed by atoms with Gasteiger partial charge >= 0.3 is 5.89 Å². The lowest BCUT2D eigenvalue weighted by molar-refractivity contribution is -0.671.